The van der Waals surface area contributed by atoms with Crippen LogP contribution in [-0.4, -0.2) is 37.2 Å². The fourth-order valence-electron chi connectivity index (χ4n) is 8.27. The zero-order valence-electron chi connectivity index (χ0n) is 50.8. The van der Waals surface area contributed by atoms with Crippen LogP contribution in [0.2, 0.25) is 0 Å². The summed E-state index contributed by atoms with van der Waals surface area (Å²) in [6.45, 7) is 6.34. The van der Waals surface area contributed by atoms with Crippen molar-refractivity contribution in [2.24, 2.45) is 0 Å². The van der Waals surface area contributed by atoms with E-state index in [0.717, 1.165) is 186 Å². The van der Waals surface area contributed by atoms with Crippen molar-refractivity contribution < 1.29 is 28.6 Å². The van der Waals surface area contributed by atoms with Crippen LogP contribution < -0.4 is 0 Å². The van der Waals surface area contributed by atoms with Gasteiger partial charge < -0.3 is 14.2 Å². The Labute approximate surface area is 486 Å². The van der Waals surface area contributed by atoms with Gasteiger partial charge in [0.1, 0.15) is 13.2 Å². The second kappa shape index (κ2) is 65.5. The first-order valence-corrected chi connectivity index (χ1v) is 32.0. The highest BCUT2D eigenvalue weighted by atomic mass is 16.6. The van der Waals surface area contributed by atoms with Crippen molar-refractivity contribution in [3.8, 4) is 0 Å². The van der Waals surface area contributed by atoms with E-state index in [2.05, 4.69) is 179 Å². The van der Waals surface area contributed by atoms with E-state index in [4.69, 9.17) is 14.2 Å². The molecular formula is C73H116O6. The second-order valence-electron chi connectivity index (χ2n) is 20.5. The molecular weight excluding hydrogens is 973 g/mol. The van der Waals surface area contributed by atoms with E-state index in [1.54, 1.807) is 0 Å². The number of unbranched alkanes of at least 4 members (excludes halogenated alkanes) is 19. The van der Waals surface area contributed by atoms with Crippen LogP contribution in [0.15, 0.2) is 158 Å². The van der Waals surface area contributed by atoms with Crippen molar-refractivity contribution in [3.05, 3.63) is 158 Å². The average molecular weight is 1090 g/mol. The van der Waals surface area contributed by atoms with Crippen molar-refractivity contribution in [2.45, 2.75) is 271 Å². The van der Waals surface area contributed by atoms with E-state index in [-0.39, 0.29) is 31.1 Å². The zero-order valence-corrected chi connectivity index (χ0v) is 50.8. The Morgan fingerprint density at radius 1 is 0.266 bits per heavy atom. The Hall–Kier alpha value is -4.97. The molecule has 6 heteroatoms. The minimum absolute atomic E-state index is 0.105. The van der Waals surface area contributed by atoms with Crippen LogP contribution in [0.25, 0.3) is 0 Å². The molecule has 0 aliphatic carbocycles. The van der Waals surface area contributed by atoms with E-state index in [9.17, 15) is 14.4 Å². The first-order chi connectivity index (χ1) is 39.0. The molecule has 0 radical (unpaired) electrons. The summed E-state index contributed by atoms with van der Waals surface area (Å²) in [5.41, 5.74) is 0. The van der Waals surface area contributed by atoms with Crippen molar-refractivity contribution in [1.29, 1.82) is 0 Å². The number of carbonyl (C=O) groups excluding carboxylic acids is 3. The van der Waals surface area contributed by atoms with Gasteiger partial charge in [0, 0.05) is 19.3 Å². The maximum absolute atomic E-state index is 12.9. The molecule has 0 bridgehead atoms. The van der Waals surface area contributed by atoms with Crippen LogP contribution in [0.3, 0.4) is 0 Å². The minimum Gasteiger partial charge on any atom is -0.462 e. The molecule has 0 aromatic carbocycles. The Morgan fingerprint density at radius 2 is 0.494 bits per heavy atom. The molecule has 0 aromatic heterocycles. The topological polar surface area (TPSA) is 78.9 Å². The van der Waals surface area contributed by atoms with Gasteiger partial charge in [-0.25, -0.2) is 0 Å². The molecule has 0 N–H and O–H groups in total. The first kappa shape index (κ1) is 74.0. The number of carbonyl (C=O) groups is 3. The second-order valence-corrected chi connectivity index (χ2v) is 20.5. The van der Waals surface area contributed by atoms with Crippen LogP contribution in [0.5, 0.6) is 0 Å². The van der Waals surface area contributed by atoms with Crippen LogP contribution in [-0.2, 0) is 28.6 Å². The number of allylic oxidation sites excluding steroid dienone is 26. The lowest BCUT2D eigenvalue weighted by atomic mass is 10.1. The van der Waals surface area contributed by atoms with Gasteiger partial charge in [-0.2, -0.15) is 0 Å². The Kier molecular flexibility index (Phi) is 61.4. The molecule has 0 fully saturated rings. The molecule has 1 unspecified atom stereocenters. The van der Waals surface area contributed by atoms with Gasteiger partial charge in [-0.1, -0.05) is 256 Å². The number of hydrogen-bond donors (Lipinski definition) is 0. The first-order valence-electron chi connectivity index (χ1n) is 32.0. The lowest BCUT2D eigenvalue weighted by molar-refractivity contribution is -0.167. The lowest BCUT2D eigenvalue weighted by Crippen LogP contribution is -2.30. The van der Waals surface area contributed by atoms with Crippen molar-refractivity contribution in [2.75, 3.05) is 13.2 Å². The predicted octanol–water partition coefficient (Wildman–Crippen LogP) is 22.1. The number of hydrogen-bond acceptors (Lipinski definition) is 6. The van der Waals surface area contributed by atoms with Crippen molar-refractivity contribution in [3.63, 3.8) is 0 Å². The van der Waals surface area contributed by atoms with E-state index in [1.807, 2.05) is 0 Å². The van der Waals surface area contributed by atoms with E-state index in [0.29, 0.717) is 19.3 Å². The zero-order chi connectivity index (χ0) is 57.1. The van der Waals surface area contributed by atoms with E-state index in [1.165, 1.54) is 38.5 Å². The quantitative estimate of drug-likeness (QED) is 0.0261. The smallest absolute Gasteiger partial charge is 0.306 e. The van der Waals surface area contributed by atoms with Gasteiger partial charge in [0.15, 0.2) is 6.10 Å². The molecule has 79 heavy (non-hydrogen) atoms. The lowest BCUT2D eigenvalue weighted by Gasteiger charge is -2.18. The van der Waals surface area contributed by atoms with Gasteiger partial charge in [-0.15, -0.1) is 0 Å². The summed E-state index contributed by atoms with van der Waals surface area (Å²) < 4.78 is 16.9. The fraction of sp³-hybridized carbons (Fsp3) is 0.603. The molecule has 444 valence electrons. The standard InChI is InChI=1S/C73H116O6/c1-4-7-10-13-16-19-22-25-28-30-32-33-34-35-36-37-38-39-41-42-45-48-51-54-57-60-63-66-72(75)78-69-70(68-77-71(74)65-62-59-56-53-50-47-44-27-24-21-18-15-12-9-6-3)79-73(76)67-64-61-58-55-52-49-46-43-40-31-29-26-23-20-17-14-11-8-5-2/h7,9-10,12,16-21,25-29,32-33,35-36,38-40,42-45,70H,4-6,8,11,13-15,22-24,30-31,34,37,41,46-69H2,1-3H3/b10-7-,12-9-,19-16-,20-17-,21-18-,28-25-,29-26-,33-32-,36-35-,39-38-,43-40-,44-27-,45-42-. The van der Waals surface area contributed by atoms with Crippen molar-refractivity contribution in [1.82, 2.24) is 0 Å². The molecule has 0 saturated carbocycles. The molecule has 0 aliphatic heterocycles. The molecule has 1 atom stereocenters. The number of rotatable bonds is 56. The van der Waals surface area contributed by atoms with Gasteiger partial charge in [-0.3, -0.25) is 14.4 Å². The van der Waals surface area contributed by atoms with Crippen LogP contribution in [0, 0.1) is 0 Å². The highest BCUT2D eigenvalue weighted by Crippen LogP contribution is 2.14. The van der Waals surface area contributed by atoms with E-state index >= 15 is 0 Å². The Bertz CT molecular complexity index is 1780. The Balaban J connectivity index is 4.47. The summed E-state index contributed by atoms with van der Waals surface area (Å²) >= 11 is 0. The maximum atomic E-state index is 12.9. The summed E-state index contributed by atoms with van der Waals surface area (Å²) in [4.78, 5) is 38.3. The molecule has 0 heterocycles. The van der Waals surface area contributed by atoms with Gasteiger partial charge in [0.2, 0.25) is 0 Å². The third kappa shape index (κ3) is 63.7. The molecule has 0 spiro atoms. The summed E-state index contributed by atoms with van der Waals surface area (Å²) in [7, 11) is 0. The summed E-state index contributed by atoms with van der Waals surface area (Å²) in [6, 6.07) is 0. The van der Waals surface area contributed by atoms with Crippen LogP contribution >= 0.6 is 0 Å². The maximum Gasteiger partial charge on any atom is 0.306 e. The van der Waals surface area contributed by atoms with Gasteiger partial charge in [-0.05, 0) is 148 Å². The molecule has 6 nitrogen and oxygen atoms in total. The SMILES string of the molecule is CC/C=C\C/C=C\C/C=C\C/C=C\C/C=C\C/C=C\C/C=C\CCCCCCCC(=O)OCC(COC(=O)CCCCCCC/C=C\C/C=C\C/C=C\CC)OC(=O)CCCCCCCC/C=C\C/C=C\C/C=C\CCCCC. The molecule has 0 saturated heterocycles. The average Bonchev–Trinajstić information content (AvgIpc) is 3.45. The highest BCUT2D eigenvalue weighted by Gasteiger charge is 2.19. The summed E-state index contributed by atoms with van der Waals surface area (Å²) in [5, 5.41) is 0. The minimum atomic E-state index is -0.810. The third-order valence-electron chi connectivity index (χ3n) is 13.0. The molecule has 0 aromatic rings. The van der Waals surface area contributed by atoms with Gasteiger partial charge >= 0.3 is 17.9 Å². The fourth-order valence-corrected chi connectivity index (χ4v) is 8.27. The predicted molar refractivity (Wildman–Crippen MR) is 343 cm³/mol. The largest absolute Gasteiger partial charge is 0.462 e. The van der Waals surface area contributed by atoms with Gasteiger partial charge in [0.25, 0.3) is 0 Å². The summed E-state index contributed by atoms with van der Waals surface area (Å²) in [6.07, 6.45) is 95.2. The number of ether oxygens (including phenoxy) is 3. The number of esters is 3. The van der Waals surface area contributed by atoms with Crippen LogP contribution in [0.4, 0.5) is 0 Å². The third-order valence-corrected chi connectivity index (χ3v) is 13.0. The molecule has 0 rings (SSSR count). The summed E-state index contributed by atoms with van der Waals surface area (Å²) in [5.74, 6) is -0.956. The normalized spacial score (nSPS) is 13.2. The van der Waals surface area contributed by atoms with Gasteiger partial charge in [0.05, 0.1) is 0 Å². The monoisotopic (exact) mass is 1090 g/mol. The highest BCUT2D eigenvalue weighted by molar-refractivity contribution is 5.71. The molecule has 0 amide bonds. The van der Waals surface area contributed by atoms with Crippen molar-refractivity contribution >= 4 is 17.9 Å². The molecule has 0 aliphatic rings. The van der Waals surface area contributed by atoms with E-state index < -0.39 is 6.10 Å². The van der Waals surface area contributed by atoms with Crippen LogP contribution in [0.1, 0.15) is 265 Å². The Morgan fingerprint density at radius 3 is 0.772 bits per heavy atom.